The summed E-state index contributed by atoms with van der Waals surface area (Å²) in [6.45, 7) is 6.16. The van der Waals surface area contributed by atoms with Crippen LogP contribution in [-0.4, -0.2) is 10.9 Å². The Bertz CT molecular complexity index is 800. The van der Waals surface area contributed by atoms with Crippen molar-refractivity contribution in [2.24, 2.45) is 5.92 Å². The monoisotopic (exact) mass is 310 g/mol. The van der Waals surface area contributed by atoms with E-state index < -0.39 is 0 Å². The minimum Gasteiger partial charge on any atom is -0.325 e. The quantitative estimate of drug-likeness (QED) is 0.893. The Kier molecular flexibility index (Phi) is 4.07. The number of carbonyl (C=O) groups is 1. The van der Waals surface area contributed by atoms with Gasteiger partial charge in [-0.05, 0) is 73.9 Å². The number of H-pyrrole nitrogens is 1. The molecule has 1 amide bonds. The predicted octanol–water partition coefficient (Wildman–Crippen LogP) is 3.37. The first-order chi connectivity index (χ1) is 10.9. The van der Waals surface area contributed by atoms with Crippen LogP contribution in [0.25, 0.3) is 0 Å². The predicted molar refractivity (Wildman–Crippen MR) is 92.1 cm³/mol. The molecule has 1 unspecified atom stereocenters. The van der Waals surface area contributed by atoms with Crippen molar-refractivity contribution in [3.8, 4) is 0 Å². The maximum atomic E-state index is 12.5. The lowest BCUT2D eigenvalue weighted by Crippen LogP contribution is -2.27. The first kappa shape index (κ1) is 15.5. The van der Waals surface area contributed by atoms with Crippen molar-refractivity contribution in [2.45, 2.75) is 40.0 Å². The number of carbonyl (C=O) groups excluding carboxylic acids is 1. The van der Waals surface area contributed by atoms with E-state index in [2.05, 4.69) is 17.2 Å². The molecule has 1 aliphatic carbocycles. The molecule has 4 nitrogen and oxygen atoms in total. The largest absolute Gasteiger partial charge is 0.325 e. The molecule has 2 aromatic rings. The molecule has 0 saturated heterocycles. The Labute approximate surface area is 135 Å². The summed E-state index contributed by atoms with van der Waals surface area (Å²) in [4.78, 5) is 27.6. The van der Waals surface area contributed by atoms with Crippen molar-refractivity contribution in [1.82, 2.24) is 4.98 Å². The highest BCUT2D eigenvalue weighted by Gasteiger charge is 2.20. The summed E-state index contributed by atoms with van der Waals surface area (Å²) in [5.41, 5.74) is 4.84. The molecule has 0 saturated carbocycles. The first-order valence-electron chi connectivity index (χ1n) is 8.07. The standard InChI is InChI=1S/C19H22N2O2/c1-11-4-5-17-14(7-11)10-16(19(23)21-17)18(22)20-15-8-12(2)6-13(3)9-15/h6,8-11H,4-5,7H2,1-3H3,(H,20,22)(H,21,23). The van der Waals surface area contributed by atoms with Crippen LogP contribution in [0.3, 0.4) is 0 Å². The first-order valence-corrected chi connectivity index (χ1v) is 8.07. The number of benzene rings is 1. The number of fused-ring (bicyclic) bond motifs is 1. The molecule has 1 aromatic heterocycles. The summed E-state index contributed by atoms with van der Waals surface area (Å²) in [6.07, 6.45) is 2.87. The third-order valence-corrected chi connectivity index (χ3v) is 4.39. The molecule has 23 heavy (non-hydrogen) atoms. The van der Waals surface area contributed by atoms with Gasteiger partial charge in [-0.25, -0.2) is 0 Å². The van der Waals surface area contributed by atoms with Crippen LogP contribution in [0.5, 0.6) is 0 Å². The fourth-order valence-corrected chi connectivity index (χ4v) is 3.30. The Morgan fingerprint density at radius 3 is 2.57 bits per heavy atom. The third kappa shape index (κ3) is 3.36. The summed E-state index contributed by atoms with van der Waals surface area (Å²) in [7, 11) is 0. The van der Waals surface area contributed by atoms with E-state index in [1.165, 1.54) is 0 Å². The molecule has 2 N–H and O–H groups in total. The van der Waals surface area contributed by atoms with Crippen LogP contribution in [0.15, 0.2) is 29.1 Å². The number of rotatable bonds is 2. The van der Waals surface area contributed by atoms with Gasteiger partial charge in [0, 0.05) is 11.4 Å². The summed E-state index contributed by atoms with van der Waals surface area (Å²) in [5, 5.41) is 2.84. The highest BCUT2D eigenvalue weighted by atomic mass is 16.2. The lowest BCUT2D eigenvalue weighted by Gasteiger charge is -2.21. The Hall–Kier alpha value is -2.36. The topological polar surface area (TPSA) is 62.0 Å². The summed E-state index contributed by atoms with van der Waals surface area (Å²) in [6, 6.07) is 7.61. The molecule has 4 heteroatoms. The Morgan fingerprint density at radius 2 is 1.87 bits per heavy atom. The number of nitrogens with one attached hydrogen (secondary N) is 2. The number of aromatic nitrogens is 1. The van der Waals surface area contributed by atoms with E-state index in [0.717, 1.165) is 47.3 Å². The highest BCUT2D eigenvalue weighted by molar-refractivity contribution is 6.04. The fourth-order valence-electron chi connectivity index (χ4n) is 3.30. The lowest BCUT2D eigenvalue weighted by atomic mass is 9.87. The lowest BCUT2D eigenvalue weighted by molar-refractivity contribution is 0.102. The van der Waals surface area contributed by atoms with Gasteiger partial charge in [-0.1, -0.05) is 13.0 Å². The molecular weight excluding hydrogens is 288 g/mol. The van der Waals surface area contributed by atoms with Crippen molar-refractivity contribution >= 4 is 11.6 Å². The van der Waals surface area contributed by atoms with Gasteiger partial charge in [0.2, 0.25) is 0 Å². The maximum Gasteiger partial charge on any atom is 0.261 e. The normalized spacial score (nSPS) is 16.7. The minimum absolute atomic E-state index is 0.192. The van der Waals surface area contributed by atoms with Crippen LogP contribution < -0.4 is 10.9 Å². The van der Waals surface area contributed by atoms with Gasteiger partial charge in [0.1, 0.15) is 5.56 Å². The van der Waals surface area contributed by atoms with E-state index in [-0.39, 0.29) is 17.0 Å². The Morgan fingerprint density at radius 1 is 1.17 bits per heavy atom. The number of hydrogen-bond donors (Lipinski definition) is 2. The van der Waals surface area contributed by atoms with Gasteiger partial charge in [-0.15, -0.1) is 0 Å². The second-order valence-electron chi connectivity index (χ2n) is 6.69. The van der Waals surface area contributed by atoms with Gasteiger partial charge in [0.25, 0.3) is 11.5 Å². The van der Waals surface area contributed by atoms with E-state index in [1.807, 2.05) is 32.0 Å². The van der Waals surface area contributed by atoms with E-state index in [9.17, 15) is 9.59 Å². The van der Waals surface area contributed by atoms with Gasteiger partial charge in [0.05, 0.1) is 0 Å². The van der Waals surface area contributed by atoms with E-state index in [4.69, 9.17) is 0 Å². The van der Waals surface area contributed by atoms with Gasteiger partial charge in [0.15, 0.2) is 0 Å². The van der Waals surface area contributed by atoms with Crippen LogP contribution in [0.2, 0.25) is 0 Å². The summed E-state index contributed by atoms with van der Waals surface area (Å²) >= 11 is 0. The van der Waals surface area contributed by atoms with Crippen LogP contribution >= 0.6 is 0 Å². The minimum atomic E-state index is -0.350. The zero-order chi connectivity index (χ0) is 16.6. The molecule has 0 bridgehead atoms. The van der Waals surface area contributed by atoms with Crippen LogP contribution in [0.1, 0.15) is 46.1 Å². The molecule has 0 radical (unpaired) electrons. The smallest absolute Gasteiger partial charge is 0.261 e. The SMILES string of the molecule is Cc1cc(C)cc(NC(=O)c2cc3c([nH]c2=O)CCC(C)C3)c1. The van der Waals surface area contributed by atoms with Crippen LogP contribution in [-0.2, 0) is 12.8 Å². The molecule has 1 aliphatic rings. The zero-order valence-corrected chi connectivity index (χ0v) is 13.8. The van der Waals surface area contributed by atoms with Gasteiger partial charge < -0.3 is 10.3 Å². The van der Waals surface area contributed by atoms with Crippen molar-refractivity contribution in [1.29, 1.82) is 0 Å². The average molecular weight is 310 g/mol. The van der Waals surface area contributed by atoms with E-state index >= 15 is 0 Å². The van der Waals surface area contributed by atoms with Crippen molar-refractivity contribution in [3.05, 3.63) is 62.6 Å². The summed E-state index contributed by atoms with van der Waals surface area (Å²) < 4.78 is 0. The van der Waals surface area contributed by atoms with Crippen LogP contribution in [0.4, 0.5) is 5.69 Å². The second kappa shape index (κ2) is 6.03. The fraction of sp³-hybridized carbons (Fsp3) is 0.368. The van der Waals surface area contributed by atoms with Gasteiger partial charge in [-0.3, -0.25) is 9.59 Å². The number of amides is 1. The van der Waals surface area contributed by atoms with Crippen molar-refractivity contribution in [3.63, 3.8) is 0 Å². The van der Waals surface area contributed by atoms with Crippen molar-refractivity contribution < 1.29 is 4.79 Å². The molecular formula is C19H22N2O2. The van der Waals surface area contributed by atoms with Crippen LogP contribution in [0, 0.1) is 19.8 Å². The average Bonchev–Trinajstić information content (AvgIpc) is 2.45. The molecule has 3 rings (SSSR count). The van der Waals surface area contributed by atoms with E-state index in [0.29, 0.717) is 5.92 Å². The molecule has 0 fully saturated rings. The highest BCUT2D eigenvalue weighted by Crippen LogP contribution is 2.23. The molecule has 0 aliphatic heterocycles. The van der Waals surface area contributed by atoms with Gasteiger partial charge in [-0.2, -0.15) is 0 Å². The van der Waals surface area contributed by atoms with Crippen molar-refractivity contribution in [2.75, 3.05) is 5.32 Å². The molecule has 1 atom stereocenters. The third-order valence-electron chi connectivity index (χ3n) is 4.39. The van der Waals surface area contributed by atoms with E-state index in [1.54, 1.807) is 6.07 Å². The Balaban J connectivity index is 1.90. The number of aryl methyl sites for hydroxylation is 3. The molecule has 1 heterocycles. The molecule has 1 aromatic carbocycles. The molecule has 0 spiro atoms. The molecule has 120 valence electrons. The zero-order valence-electron chi connectivity index (χ0n) is 13.8. The number of anilines is 1. The number of aromatic amines is 1. The second-order valence-corrected chi connectivity index (χ2v) is 6.69. The number of pyridine rings is 1. The maximum absolute atomic E-state index is 12.5. The van der Waals surface area contributed by atoms with Gasteiger partial charge >= 0.3 is 0 Å². The number of hydrogen-bond acceptors (Lipinski definition) is 2. The summed E-state index contributed by atoms with van der Waals surface area (Å²) in [5.74, 6) is 0.237.